The lowest BCUT2D eigenvalue weighted by Crippen LogP contribution is -2.31. The summed E-state index contributed by atoms with van der Waals surface area (Å²) in [6.07, 6.45) is 0.659. The number of carbonyl (C=O) groups is 1. The molecule has 1 amide bonds. The van der Waals surface area contributed by atoms with E-state index in [1.165, 1.54) is 11.8 Å². The van der Waals surface area contributed by atoms with E-state index in [2.05, 4.69) is 27.8 Å². The van der Waals surface area contributed by atoms with Gasteiger partial charge in [0.1, 0.15) is 5.82 Å². The second-order valence-corrected chi connectivity index (χ2v) is 6.03. The summed E-state index contributed by atoms with van der Waals surface area (Å²) in [5.74, 6) is 5.89. The lowest BCUT2D eigenvalue weighted by atomic mass is 10.1. The van der Waals surface area contributed by atoms with E-state index in [0.717, 1.165) is 17.1 Å². The highest BCUT2D eigenvalue weighted by atomic mass is 32.2. The smallest absolute Gasteiger partial charge is 0.244 e. The van der Waals surface area contributed by atoms with E-state index in [1.54, 1.807) is 0 Å². The standard InChI is InChI=1S/C17H17N5OS/c18-19-16(23)12-24-17-21-20-15(11-13-7-3-1-4-8-13)22(17)14-9-5-2-6-10-14/h1-10H,11-12,18H2,(H,19,23). The third-order valence-electron chi connectivity index (χ3n) is 3.41. The van der Waals surface area contributed by atoms with Gasteiger partial charge < -0.3 is 0 Å². The van der Waals surface area contributed by atoms with Crippen molar-refractivity contribution >= 4 is 17.7 Å². The quantitative estimate of drug-likeness (QED) is 0.310. The van der Waals surface area contributed by atoms with Gasteiger partial charge in [-0.15, -0.1) is 10.2 Å². The topological polar surface area (TPSA) is 85.8 Å². The van der Waals surface area contributed by atoms with Crippen molar-refractivity contribution < 1.29 is 4.79 Å². The molecular weight excluding hydrogens is 322 g/mol. The van der Waals surface area contributed by atoms with Gasteiger partial charge in [-0.2, -0.15) is 0 Å². The summed E-state index contributed by atoms with van der Waals surface area (Å²) in [5, 5.41) is 9.23. The van der Waals surface area contributed by atoms with Crippen LogP contribution >= 0.6 is 11.8 Å². The molecule has 2 aromatic carbocycles. The van der Waals surface area contributed by atoms with E-state index in [9.17, 15) is 4.79 Å². The maximum absolute atomic E-state index is 11.4. The summed E-state index contributed by atoms with van der Waals surface area (Å²) in [6.45, 7) is 0. The van der Waals surface area contributed by atoms with Crippen molar-refractivity contribution in [2.75, 3.05) is 5.75 Å². The fourth-order valence-corrected chi connectivity index (χ4v) is 3.08. The Kier molecular flexibility index (Phi) is 5.25. The van der Waals surface area contributed by atoms with Crippen LogP contribution in [0.4, 0.5) is 0 Å². The van der Waals surface area contributed by atoms with Crippen molar-refractivity contribution in [1.29, 1.82) is 0 Å². The van der Waals surface area contributed by atoms with Gasteiger partial charge in [0.05, 0.1) is 5.75 Å². The first-order chi connectivity index (χ1) is 11.8. The van der Waals surface area contributed by atoms with Crippen LogP contribution in [0.25, 0.3) is 5.69 Å². The molecule has 1 aromatic heterocycles. The molecule has 3 aromatic rings. The van der Waals surface area contributed by atoms with Crippen LogP contribution in [0.5, 0.6) is 0 Å². The molecule has 0 radical (unpaired) electrons. The summed E-state index contributed by atoms with van der Waals surface area (Å²) < 4.78 is 1.97. The number of carbonyl (C=O) groups excluding carboxylic acids is 1. The molecule has 6 nitrogen and oxygen atoms in total. The minimum absolute atomic E-state index is 0.187. The van der Waals surface area contributed by atoms with Crippen LogP contribution in [0.3, 0.4) is 0 Å². The van der Waals surface area contributed by atoms with Gasteiger partial charge in [0.25, 0.3) is 0 Å². The van der Waals surface area contributed by atoms with E-state index < -0.39 is 0 Å². The highest BCUT2D eigenvalue weighted by Gasteiger charge is 2.15. The third-order valence-corrected chi connectivity index (χ3v) is 4.34. The second-order valence-electron chi connectivity index (χ2n) is 5.09. The Labute approximate surface area is 144 Å². The summed E-state index contributed by atoms with van der Waals surface area (Å²) >= 11 is 1.30. The van der Waals surface area contributed by atoms with Crippen LogP contribution in [0.15, 0.2) is 65.8 Å². The highest BCUT2D eigenvalue weighted by Crippen LogP contribution is 2.23. The maximum atomic E-state index is 11.4. The fourth-order valence-electron chi connectivity index (χ4n) is 2.29. The first-order valence-corrected chi connectivity index (χ1v) is 8.42. The van der Waals surface area contributed by atoms with Gasteiger partial charge in [0.15, 0.2) is 5.16 Å². The second kappa shape index (κ2) is 7.76. The number of nitrogens with two attached hydrogens (primary N) is 1. The number of para-hydroxylation sites is 1. The van der Waals surface area contributed by atoms with Crippen LogP contribution in [-0.2, 0) is 11.2 Å². The van der Waals surface area contributed by atoms with Crippen LogP contribution < -0.4 is 11.3 Å². The normalized spacial score (nSPS) is 10.5. The molecule has 1 heterocycles. The van der Waals surface area contributed by atoms with Crippen LogP contribution in [0, 0.1) is 0 Å². The number of thioether (sulfide) groups is 1. The fraction of sp³-hybridized carbons (Fsp3) is 0.118. The van der Waals surface area contributed by atoms with E-state index in [-0.39, 0.29) is 11.7 Å². The zero-order valence-electron chi connectivity index (χ0n) is 12.9. The zero-order chi connectivity index (χ0) is 16.8. The molecule has 0 fully saturated rings. The highest BCUT2D eigenvalue weighted by molar-refractivity contribution is 7.99. The van der Waals surface area contributed by atoms with Gasteiger partial charge in [-0.05, 0) is 17.7 Å². The molecule has 3 rings (SSSR count). The minimum Gasteiger partial charge on any atom is -0.294 e. The molecule has 0 bridgehead atoms. The Balaban J connectivity index is 1.93. The number of amides is 1. The van der Waals surface area contributed by atoms with Crippen molar-refractivity contribution in [3.63, 3.8) is 0 Å². The predicted octanol–water partition coefficient (Wildman–Crippen LogP) is 1.94. The molecule has 7 heteroatoms. The number of nitrogens with one attached hydrogen (secondary N) is 1. The molecule has 122 valence electrons. The van der Waals surface area contributed by atoms with Gasteiger partial charge in [-0.1, -0.05) is 60.3 Å². The predicted molar refractivity (Wildman–Crippen MR) is 93.7 cm³/mol. The Morgan fingerprint density at radius 3 is 2.38 bits per heavy atom. The lowest BCUT2D eigenvalue weighted by molar-refractivity contribution is -0.118. The minimum atomic E-state index is -0.257. The number of aromatic nitrogens is 3. The van der Waals surface area contributed by atoms with Crippen molar-refractivity contribution in [2.45, 2.75) is 11.6 Å². The Bertz CT molecular complexity index is 804. The van der Waals surface area contributed by atoms with Gasteiger partial charge in [0.2, 0.25) is 5.91 Å². The van der Waals surface area contributed by atoms with Crippen LogP contribution in [-0.4, -0.2) is 26.4 Å². The molecule has 0 unspecified atom stereocenters. The number of benzene rings is 2. The average molecular weight is 339 g/mol. The van der Waals surface area contributed by atoms with Crippen molar-refractivity contribution in [2.24, 2.45) is 5.84 Å². The number of nitrogens with zero attached hydrogens (tertiary/aromatic N) is 3. The molecule has 0 atom stereocenters. The van der Waals surface area contributed by atoms with E-state index in [4.69, 9.17) is 5.84 Å². The van der Waals surface area contributed by atoms with Gasteiger partial charge in [-0.3, -0.25) is 14.8 Å². The first kappa shape index (κ1) is 16.2. The number of hydrogen-bond donors (Lipinski definition) is 2. The first-order valence-electron chi connectivity index (χ1n) is 7.44. The molecule has 0 spiro atoms. The van der Waals surface area contributed by atoms with E-state index in [0.29, 0.717) is 11.6 Å². The Morgan fingerprint density at radius 2 is 1.71 bits per heavy atom. The molecule has 0 aliphatic heterocycles. The summed E-state index contributed by atoms with van der Waals surface area (Å²) in [7, 11) is 0. The van der Waals surface area contributed by atoms with Crippen LogP contribution in [0.2, 0.25) is 0 Å². The SMILES string of the molecule is NNC(=O)CSc1nnc(Cc2ccccc2)n1-c1ccccc1. The maximum Gasteiger partial charge on any atom is 0.244 e. The number of rotatable bonds is 6. The molecule has 0 saturated carbocycles. The number of hydrazine groups is 1. The summed E-state index contributed by atoms with van der Waals surface area (Å²) in [6, 6.07) is 20.0. The molecule has 0 aliphatic rings. The summed E-state index contributed by atoms with van der Waals surface area (Å²) in [4.78, 5) is 11.4. The molecule has 24 heavy (non-hydrogen) atoms. The monoisotopic (exact) mass is 339 g/mol. The molecular formula is C17H17N5OS. The lowest BCUT2D eigenvalue weighted by Gasteiger charge is -2.10. The van der Waals surface area contributed by atoms with Gasteiger partial charge >= 0.3 is 0 Å². The average Bonchev–Trinajstić information content (AvgIpc) is 3.03. The van der Waals surface area contributed by atoms with Crippen molar-refractivity contribution in [3.05, 3.63) is 72.1 Å². The van der Waals surface area contributed by atoms with Gasteiger partial charge in [-0.25, -0.2) is 5.84 Å². The van der Waals surface area contributed by atoms with Crippen molar-refractivity contribution in [3.8, 4) is 5.69 Å². The van der Waals surface area contributed by atoms with Crippen LogP contribution in [0.1, 0.15) is 11.4 Å². The molecule has 0 saturated heterocycles. The largest absolute Gasteiger partial charge is 0.294 e. The van der Waals surface area contributed by atoms with Crippen molar-refractivity contribution in [1.82, 2.24) is 20.2 Å². The van der Waals surface area contributed by atoms with E-state index >= 15 is 0 Å². The summed E-state index contributed by atoms with van der Waals surface area (Å²) in [5.41, 5.74) is 4.24. The number of hydrogen-bond acceptors (Lipinski definition) is 5. The molecule has 3 N–H and O–H groups in total. The van der Waals surface area contributed by atoms with Gasteiger partial charge in [0, 0.05) is 12.1 Å². The Hall–Kier alpha value is -2.64. The van der Waals surface area contributed by atoms with E-state index in [1.807, 2.05) is 53.1 Å². The zero-order valence-corrected chi connectivity index (χ0v) is 13.7. The molecule has 0 aliphatic carbocycles. The third kappa shape index (κ3) is 3.81. The Morgan fingerprint density at radius 1 is 1.04 bits per heavy atom.